The van der Waals surface area contributed by atoms with Gasteiger partial charge in [-0.3, -0.25) is 14.5 Å². The van der Waals surface area contributed by atoms with Gasteiger partial charge in [0, 0.05) is 6.07 Å². The Bertz CT molecular complexity index is 996. The second-order valence-corrected chi connectivity index (χ2v) is 7.16. The Labute approximate surface area is 179 Å². The van der Waals surface area contributed by atoms with E-state index >= 15 is 0 Å². The summed E-state index contributed by atoms with van der Waals surface area (Å²) in [6.07, 6.45) is 0.378. The second kappa shape index (κ2) is 8.55. The van der Waals surface area contributed by atoms with Gasteiger partial charge in [0.05, 0.1) is 6.54 Å². The lowest BCUT2D eigenvalue weighted by Crippen LogP contribution is -2.45. The molecule has 9 nitrogen and oxygen atoms in total. The summed E-state index contributed by atoms with van der Waals surface area (Å²) in [4.78, 5) is 38.7. The number of urea groups is 1. The maximum absolute atomic E-state index is 13.0. The molecule has 0 aliphatic carbocycles. The number of amides is 4. The van der Waals surface area contributed by atoms with Crippen molar-refractivity contribution in [3.63, 3.8) is 0 Å². The minimum Gasteiger partial charge on any atom is -0.492 e. The summed E-state index contributed by atoms with van der Waals surface area (Å²) < 4.78 is 16.1. The van der Waals surface area contributed by atoms with Gasteiger partial charge in [0.2, 0.25) is 12.7 Å². The van der Waals surface area contributed by atoms with Crippen molar-refractivity contribution in [2.75, 3.05) is 26.5 Å². The molecule has 0 spiro atoms. The zero-order valence-electron chi connectivity index (χ0n) is 17.1. The summed E-state index contributed by atoms with van der Waals surface area (Å²) in [5, 5.41) is 5.42. The Morgan fingerprint density at radius 2 is 1.94 bits per heavy atom. The lowest BCUT2D eigenvalue weighted by atomic mass is 9.87. The molecule has 1 fully saturated rings. The van der Waals surface area contributed by atoms with Crippen LogP contribution in [0.15, 0.2) is 48.5 Å². The standard InChI is InChI=1S/C22H23N3O6/c1-2-22(15-6-4-3-5-7-15)20(27)25(21(28)24-22)13-19(26)23-10-11-29-16-8-9-17-18(12-16)31-14-30-17/h3-9,12H,2,10-11,13-14H2,1H3,(H,23,26)(H,24,28). The molecule has 0 saturated carbocycles. The minimum absolute atomic E-state index is 0.182. The molecular formula is C22H23N3O6. The fraction of sp³-hybridized carbons (Fsp3) is 0.318. The molecule has 4 rings (SSSR count). The monoisotopic (exact) mass is 425 g/mol. The molecule has 2 heterocycles. The molecule has 0 aromatic heterocycles. The Morgan fingerprint density at radius 1 is 1.16 bits per heavy atom. The van der Waals surface area contributed by atoms with E-state index in [1.165, 1.54) is 0 Å². The number of hydrogen-bond acceptors (Lipinski definition) is 6. The van der Waals surface area contributed by atoms with Crippen LogP contribution in [0.3, 0.4) is 0 Å². The molecule has 2 aliphatic heterocycles. The Balaban J connectivity index is 1.29. The van der Waals surface area contributed by atoms with Crippen molar-refractivity contribution in [2.24, 2.45) is 0 Å². The third-order valence-corrected chi connectivity index (χ3v) is 5.31. The van der Waals surface area contributed by atoms with Crippen molar-refractivity contribution in [3.05, 3.63) is 54.1 Å². The molecule has 2 aromatic rings. The average molecular weight is 425 g/mol. The van der Waals surface area contributed by atoms with Gasteiger partial charge in [-0.05, 0) is 24.1 Å². The van der Waals surface area contributed by atoms with Crippen molar-refractivity contribution < 1.29 is 28.6 Å². The summed E-state index contributed by atoms with van der Waals surface area (Å²) >= 11 is 0. The van der Waals surface area contributed by atoms with E-state index in [1.54, 1.807) is 30.3 Å². The van der Waals surface area contributed by atoms with E-state index in [0.29, 0.717) is 29.2 Å². The summed E-state index contributed by atoms with van der Waals surface area (Å²) in [6.45, 7) is 2.08. The number of carbonyl (C=O) groups is 3. The zero-order valence-corrected chi connectivity index (χ0v) is 17.1. The van der Waals surface area contributed by atoms with E-state index in [2.05, 4.69) is 10.6 Å². The third-order valence-electron chi connectivity index (χ3n) is 5.31. The van der Waals surface area contributed by atoms with Gasteiger partial charge in [0.15, 0.2) is 11.5 Å². The van der Waals surface area contributed by atoms with Gasteiger partial charge < -0.3 is 24.8 Å². The van der Waals surface area contributed by atoms with E-state index in [-0.39, 0.29) is 26.5 Å². The van der Waals surface area contributed by atoms with Gasteiger partial charge in [0.25, 0.3) is 5.91 Å². The van der Waals surface area contributed by atoms with Gasteiger partial charge in [0.1, 0.15) is 24.4 Å². The number of ether oxygens (including phenoxy) is 3. The van der Waals surface area contributed by atoms with Crippen LogP contribution in [-0.2, 0) is 15.1 Å². The predicted molar refractivity (Wildman–Crippen MR) is 110 cm³/mol. The molecule has 0 radical (unpaired) electrons. The number of carbonyl (C=O) groups excluding carboxylic acids is 3. The molecule has 1 saturated heterocycles. The van der Waals surface area contributed by atoms with E-state index in [9.17, 15) is 14.4 Å². The predicted octanol–water partition coefficient (Wildman–Crippen LogP) is 1.77. The number of imide groups is 1. The number of hydrogen-bond donors (Lipinski definition) is 2. The number of nitrogens with zero attached hydrogens (tertiary/aromatic N) is 1. The molecule has 4 amide bonds. The molecule has 0 bridgehead atoms. The first-order valence-corrected chi connectivity index (χ1v) is 10.0. The van der Waals surface area contributed by atoms with Crippen LogP contribution in [0.2, 0.25) is 0 Å². The van der Waals surface area contributed by atoms with Gasteiger partial charge in [-0.25, -0.2) is 4.79 Å². The van der Waals surface area contributed by atoms with Crippen LogP contribution < -0.4 is 24.8 Å². The highest BCUT2D eigenvalue weighted by atomic mass is 16.7. The first-order chi connectivity index (χ1) is 15.0. The molecule has 1 unspecified atom stereocenters. The van der Waals surface area contributed by atoms with E-state index in [4.69, 9.17) is 14.2 Å². The zero-order chi connectivity index (χ0) is 21.8. The fourth-order valence-electron chi connectivity index (χ4n) is 3.66. The van der Waals surface area contributed by atoms with Crippen molar-refractivity contribution >= 4 is 17.8 Å². The van der Waals surface area contributed by atoms with Crippen LogP contribution in [0, 0.1) is 0 Å². The van der Waals surface area contributed by atoms with E-state index in [0.717, 1.165) is 4.90 Å². The van der Waals surface area contributed by atoms with E-state index < -0.39 is 23.4 Å². The summed E-state index contributed by atoms with van der Waals surface area (Å²) in [7, 11) is 0. The molecule has 9 heteroatoms. The van der Waals surface area contributed by atoms with Crippen LogP contribution in [-0.4, -0.2) is 49.2 Å². The fourth-order valence-corrected chi connectivity index (χ4v) is 3.66. The van der Waals surface area contributed by atoms with Crippen molar-refractivity contribution in [1.82, 2.24) is 15.5 Å². The molecule has 31 heavy (non-hydrogen) atoms. The van der Waals surface area contributed by atoms with Crippen LogP contribution in [0.1, 0.15) is 18.9 Å². The first kappa shape index (κ1) is 20.5. The van der Waals surface area contributed by atoms with Crippen molar-refractivity contribution in [3.8, 4) is 17.2 Å². The summed E-state index contributed by atoms with van der Waals surface area (Å²) in [6, 6.07) is 13.7. The molecular weight excluding hydrogens is 402 g/mol. The number of benzene rings is 2. The molecule has 162 valence electrons. The lowest BCUT2D eigenvalue weighted by molar-refractivity contribution is -0.135. The minimum atomic E-state index is -1.15. The van der Waals surface area contributed by atoms with Crippen molar-refractivity contribution in [2.45, 2.75) is 18.9 Å². The van der Waals surface area contributed by atoms with Gasteiger partial charge >= 0.3 is 6.03 Å². The highest BCUT2D eigenvalue weighted by molar-refractivity contribution is 6.09. The molecule has 2 aliphatic rings. The summed E-state index contributed by atoms with van der Waals surface area (Å²) in [5.41, 5.74) is -0.461. The van der Waals surface area contributed by atoms with Crippen molar-refractivity contribution in [1.29, 1.82) is 0 Å². The molecule has 2 aromatic carbocycles. The summed E-state index contributed by atoms with van der Waals surface area (Å²) in [5.74, 6) is 0.977. The first-order valence-electron chi connectivity index (χ1n) is 10.0. The van der Waals surface area contributed by atoms with Crippen LogP contribution >= 0.6 is 0 Å². The highest BCUT2D eigenvalue weighted by Crippen LogP contribution is 2.35. The number of rotatable bonds is 8. The molecule has 2 N–H and O–H groups in total. The van der Waals surface area contributed by atoms with E-state index in [1.807, 2.05) is 25.1 Å². The number of nitrogens with one attached hydrogen (secondary N) is 2. The largest absolute Gasteiger partial charge is 0.492 e. The van der Waals surface area contributed by atoms with Gasteiger partial charge in [-0.2, -0.15) is 0 Å². The Hall–Kier alpha value is -3.75. The normalized spacial score (nSPS) is 19.3. The number of fused-ring (bicyclic) bond motifs is 1. The topological polar surface area (TPSA) is 106 Å². The smallest absolute Gasteiger partial charge is 0.325 e. The SMILES string of the molecule is CCC1(c2ccccc2)NC(=O)N(CC(=O)NCCOc2ccc3c(c2)OCO3)C1=O. The quantitative estimate of drug-likeness (QED) is 0.493. The maximum Gasteiger partial charge on any atom is 0.325 e. The second-order valence-electron chi connectivity index (χ2n) is 7.16. The molecule has 1 atom stereocenters. The third kappa shape index (κ3) is 3.98. The van der Waals surface area contributed by atoms with Crippen LogP contribution in [0.4, 0.5) is 4.79 Å². The van der Waals surface area contributed by atoms with Gasteiger partial charge in [-0.1, -0.05) is 37.3 Å². The lowest BCUT2D eigenvalue weighted by Gasteiger charge is -2.25. The Morgan fingerprint density at radius 3 is 2.71 bits per heavy atom. The highest BCUT2D eigenvalue weighted by Gasteiger charge is 2.51. The average Bonchev–Trinajstić information content (AvgIpc) is 3.35. The van der Waals surface area contributed by atoms with Crippen LogP contribution in [0.25, 0.3) is 0 Å². The maximum atomic E-state index is 13.0. The Kier molecular flexibility index (Phi) is 5.66. The van der Waals surface area contributed by atoms with Gasteiger partial charge in [-0.15, -0.1) is 0 Å². The van der Waals surface area contributed by atoms with Crippen LogP contribution in [0.5, 0.6) is 17.2 Å².